The van der Waals surface area contributed by atoms with Gasteiger partial charge in [0.2, 0.25) is 0 Å². The number of pyridine rings is 2. The van der Waals surface area contributed by atoms with Gasteiger partial charge in [0.25, 0.3) is 0 Å². The van der Waals surface area contributed by atoms with Crippen molar-refractivity contribution in [2.24, 2.45) is 23.7 Å². The summed E-state index contributed by atoms with van der Waals surface area (Å²) in [5.41, 5.74) is 17.0. The fraction of sp³-hybridized carbons (Fsp3) is 0.472. The predicted octanol–water partition coefficient (Wildman–Crippen LogP) is 21.4. The highest BCUT2D eigenvalue weighted by molar-refractivity contribution is 9.10. The van der Waals surface area contributed by atoms with E-state index in [0.717, 1.165) is 33.6 Å². The van der Waals surface area contributed by atoms with Crippen LogP contribution in [0.25, 0.3) is 33.6 Å². The molecule has 4 unspecified atom stereocenters. The summed E-state index contributed by atoms with van der Waals surface area (Å²) in [6.45, 7) is 19.0. The Labute approximate surface area is 477 Å². The summed E-state index contributed by atoms with van der Waals surface area (Å²) >= 11 is 7.85. The molecule has 0 N–H and O–H groups in total. The van der Waals surface area contributed by atoms with Gasteiger partial charge in [-0.1, -0.05) is 238 Å². The van der Waals surface area contributed by atoms with Crippen LogP contribution in [-0.4, -0.2) is 9.97 Å². The molecule has 4 aromatic carbocycles. The van der Waals surface area contributed by atoms with Crippen LogP contribution < -0.4 is 0 Å². The van der Waals surface area contributed by atoms with Gasteiger partial charge < -0.3 is 0 Å². The third-order valence-corrected chi connectivity index (χ3v) is 18.8. The van der Waals surface area contributed by atoms with Crippen molar-refractivity contribution in [3.05, 3.63) is 163 Å². The quantitative estimate of drug-likeness (QED) is 0.0534. The largest absolute Gasteiger partial charge is 0.255 e. The van der Waals surface area contributed by atoms with Gasteiger partial charge in [-0.05, 0) is 167 Å². The van der Waals surface area contributed by atoms with Crippen LogP contribution in [0.15, 0.2) is 118 Å². The van der Waals surface area contributed by atoms with Crippen molar-refractivity contribution in [3.63, 3.8) is 0 Å². The van der Waals surface area contributed by atoms with Crippen molar-refractivity contribution in [1.29, 1.82) is 0 Å². The fourth-order valence-corrected chi connectivity index (χ4v) is 14.2. The molecule has 2 aromatic heterocycles. The lowest BCUT2D eigenvalue weighted by molar-refractivity contribution is 0.266. The smallest absolute Gasteiger partial charge is 0.0898 e. The minimum absolute atomic E-state index is 0.0502. The number of rotatable bonds is 25. The van der Waals surface area contributed by atoms with E-state index >= 15 is 0 Å². The molecule has 76 heavy (non-hydrogen) atoms. The van der Waals surface area contributed by atoms with E-state index in [1.807, 2.05) is 24.5 Å². The molecular formula is C72H86Br2N2. The summed E-state index contributed by atoms with van der Waals surface area (Å²) in [5, 5.41) is 0. The Balaban J connectivity index is 1.11. The maximum Gasteiger partial charge on any atom is 0.0898 e. The van der Waals surface area contributed by atoms with Crippen molar-refractivity contribution < 1.29 is 0 Å². The summed E-state index contributed by atoms with van der Waals surface area (Å²) in [5.74, 6) is 17.1. The Kier molecular flexibility index (Phi) is 20.6. The number of hydrogen-bond acceptors (Lipinski definition) is 2. The van der Waals surface area contributed by atoms with Gasteiger partial charge in [-0.25, -0.2) is 0 Å². The molecule has 0 amide bonds. The molecule has 2 heterocycles. The third-order valence-electron chi connectivity index (χ3n) is 17.9. The van der Waals surface area contributed by atoms with Crippen molar-refractivity contribution in [2.45, 2.75) is 195 Å². The topological polar surface area (TPSA) is 25.8 Å². The first-order valence-corrected chi connectivity index (χ1v) is 31.5. The fourth-order valence-electron chi connectivity index (χ4n) is 13.5. The number of halogens is 2. The van der Waals surface area contributed by atoms with E-state index in [1.54, 1.807) is 0 Å². The normalized spacial score (nSPS) is 17.6. The lowest BCUT2D eigenvalue weighted by Crippen LogP contribution is -2.31. The van der Waals surface area contributed by atoms with E-state index in [-0.39, 0.29) is 10.8 Å². The Morgan fingerprint density at radius 2 is 0.658 bits per heavy atom. The second-order valence-corrected chi connectivity index (χ2v) is 24.7. The zero-order valence-corrected chi connectivity index (χ0v) is 50.7. The van der Waals surface area contributed by atoms with Crippen LogP contribution in [0.4, 0.5) is 0 Å². The van der Waals surface area contributed by atoms with E-state index in [4.69, 9.17) is 9.97 Å². The number of benzene rings is 4. The van der Waals surface area contributed by atoms with Gasteiger partial charge >= 0.3 is 0 Å². The van der Waals surface area contributed by atoms with Crippen molar-refractivity contribution >= 4 is 31.9 Å². The first-order valence-electron chi connectivity index (χ1n) is 29.9. The van der Waals surface area contributed by atoms with E-state index in [1.165, 1.54) is 182 Å². The molecule has 0 fully saturated rings. The zero-order chi connectivity index (χ0) is 53.7. The number of fused-ring (bicyclic) bond motifs is 6. The monoisotopic (exact) mass is 1140 g/mol. The van der Waals surface area contributed by atoms with Crippen LogP contribution in [-0.2, 0) is 10.8 Å². The highest BCUT2D eigenvalue weighted by Crippen LogP contribution is 2.59. The Bertz CT molecular complexity index is 2790. The maximum atomic E-state index is 4.83. The van der Waals surface area contributed by atoms with Crippen LogP contribution in [0.2, 0.25) is 0 Å². The predicted molar refractivity (Wildman–Crippen MR) is 332 cm³/mol. The average Bonchev–Trinajstić information content (AvgIpc) is 3.93. The molecule has 0 spiro atoms. The summed E-state index contributed by atoms with van der Waals surface area (Å²) in [7, 11) is 0. The van der Waals surface area contributed by atoms with E-state index in [0.29, 0.717) is 23.7 Å². The molecule has 4 heteroatoms. The van der Waals surface area contributed by atoms with Crippen LogP contribution in [0.5, 0.6) is 0 Å². The highest BCUT2D eigenvalue weighted by atomic mass is 79.9. The Hall–Kier alpha value is -4.74. The Morgan fingerprint density at radius 1 is 0.368 bits per heavy atom. The van der Waals surface area contributed by atoms with Crippen LogP contribution in [0, 0.1) is 47.4 Å². The van der Waals surface area contributed by atoms with Gasteiger partial charge in [0.15, 0.2) is 0 Å². The summed E-state index contributed by atoms with van der Waals surface area (Å²) in [6.07, 6.45) is 28.6. The standard InChI is InChI=1S/C72H86Br2N2/c1-9-17-21-51(13-5)47-71(48-52(14-6)22-18-10-2)65-41-55(29-33-61(65)63-35-31-59(73)45-67(63)71)25-27-57-37-39-75-69(43-57)70-44-58(38-40-76-70)28-26-56-30-34-62-64-36-32-60(74)46-68(64)72(66(62)42-56,49-53(15-7)23-19-11-3)50-54(16-8)24-20-12-4/h29-46,51-54H,9-24,47-50H2,1-8H3. The SMILES string of the molecule is CCCCC(CC)CC1(CC(CC)CCCC)c2cc(Br)ccc2-c2ccc(C#Cc3ccnc(-c4cc(C#Cc5ccc6c(c5)C(CC(CC)CCCC)(CC(CC)CCCC)c5cc(Br)ccc5-6)ccn4)c3)cc21. The molecule has 0 aliphatic heterocycles. The molecule has 398 valence electrons. The van der Waals surface area contributed by atoms with Gasteiger partial charge in [-0.15, -0.1) is 0 Å². The minimum Gasteiger partial charge on any atom is -0.255 e. The molecule has 0 bridgehead atoms. The maximum absolute atomic E-state index is 4.83. The second-order valence-electron chi connectivity index (χ2n) is 22.9. The molecule has 2 aliphatic carbocycles. The first-order chi connectivity index (χ1) is 37.0. The molecular weight excluding hydrogens is 1050 g/mol. The van der Waals surface area contributed by atoms with Gasteiger partial charge in [-0.3, -0.25) is 9.97 Å². The molecule has 4 atom stereocenters. The van der Waals surface area contributed by atoms with E-state index in [9.17, 15) is 0 Å². The van der Waals surface area contributed by atoms with Gasteiger partial charge in [0.1, 0.15) is 0 Å². The average molecular weight is 1140 g/mol. The second kappa shape index (κ2) is 27.2. The van der Waals surface area contributed by atoms with Crippen LogP contribution >= 0.6 is 31.9 Å². The summed E-state index contributed by atoms with van der Waals surface area (Å²) in [6, 6.07) is 36.5. The lowest BCUT2D eigenvalue weighted by Gasteiger charge is -2.38. The molecule has 0 saturated heterocycles. The highest BCUT2D eigenvalue weighted by Gasteiger charge is 2.47. The summed E-state index contributed by atoms with van der Waals surface area (Å²) < 4.78 is 2.34. The van der Waals surface area contributed by atoms with E-state index in [2.05, 4.69) is 196 Å². The Morgan fingerprint density at radius 3 is 0.961 bits per heavy atom. The molecule has 2 aliphatic rings. The molecule has 8 rings (SSSR count). The number of aromatic nitrogens is 2. The first kappa shape index (κ1) is 57.4. The lowest BCUT2D eigenvalue weighted by atomic mass is 9.65. The van der Waals surface area contributed by atoms with Gasteiger partial charge in [0.05, 0.1) is 11.4 Å². The van der Waals surface area contributed by atoms with Crippen molar-refractivity contribution in [2.75, 3.05) is 0 Å². The molecule has 2 nitrogen and oxygen atoms in total. The van der Waals surface area contributed by atoms with Crippen molar-refractivity contribution in [3.8, 4) is 57.3 Å². The zero-order valence-electron chi connectivity index (χ0n) is 47.5. The minimum atomic E-state index is -0.0502. The number of unbranched alkanes of at least 4 members (excludes halogenated alkanes) is 4. The number of hydrogen-bond donors (Lipinski definition) is 0. The van der Waals surface area contributed by atoms with Crippen LogP contribution in [0.1, 0.15) is 228 Å². The third kappa shape index (κ3) is 13.0. The molecule has 0 saturated carbocycles. The summed E-state index contributed by atoms with van der Waals surface area (Å²) in [4.78, 5) is 9.66. The van der Waals surface area contributed by atoms with Crippen LogP contribution in [0.3, 0.4) is 0 Å². The molecule has 0 radical (unpaired) electrons. The van der Waals surface area contributed by atoms with Crippen molar-refractivity contribution in [1.82, 2.24) is 9.97 Å². The van der Waals surface area contributed by atoms with E-state index < -0.39 is 0 Å². The molecule has 6 aromatic rings. The van der Waals surface area contributed by atoms with Gasteiger partial charge in [0, 0.05) is 54.4 Å². The number of nitrogens with zero attached hydrogens (tertiary/aromatic N) is 2. The van der Waals surface area contributed by atoms with Gasteiger partial charge in [-0.2, -0.15) is 0 Å².